The van der Waals surface area contributed by atoms with Crippen LogP contribution in [0.4, 0.5) is 27.6 Å². The van der Waals surface area contributed by atoms with Gasteiger partial charge in [-0.25, -0.2) is 4.68 Å². The Kier molecular flexibility index (Phi) is 4.64. The number of fused-ring (bicyclic) bond motifs is 1. The molecule has 0 atom stereocenters. The van der Waals surface area contributed by atoms with Crippen molar-refractivity contribution in [2.45, 2.75) is 19.1 Å². The second-order valence-electron chi connectivity index (χ2n) is 6.77. The minimum absolute atomic E-state index is 0.178. The van der Waals surface area contributed by atoms with Crippen molar-refractivity contribution >= 4 is 11.6 Å². The zero-order valence-corrected chi connectivity index (χ0v) is 16.1. The number of carbonyl (C=O) groups is 1. The lowest BCUT2D eigenvalue weighted by Gasteiger charge is -2.32. The fourth-order valence-corrected chi connectivity index (χ4v) is 3.15. The van der Waals surface area contributed by atoms with Gasteiger partial charge >= 0.3 is 12.2 Å². The van der Waals surface area contributed by atoms with E-state index in [1.165, 1.54) is 26.1 Å². The summed E-state index contributed by atoms with van der Waals surface area (Å²) in [6.45, 7) is 1.47. The molecular weight excluding hydrogens is 425 g/mol. The van der Waals surface area contributed by atoms with Crippen LogP contribution < -0.4 is 14.8 Å². The van der Waals surface area contributed by atoms with Gasteiger partial charge in [0.25, 0.3) is 5.91 Å². The molecule has 162 valence electrons. The van der Waals surface area contributed by atoms with E-state index in [0.717, 1.165) is 16.8 Å². The average Bonchev–Trinajstić information content (AvgIpc) is 2.94. The first-order chi connectivity index (χ1) is 14.5. The van der Waals surface area contributed by atoms with Crippen LogP contribution in [-0.4, -0.2) is 27.9 Å². The number of hydrogen-bond donors (Lipinski definition) is 1. The van der Waals surface area contributed by atoms with Gasteiger partial charge in [0.1, 0.15) is 5.56 Å². The summed E-state index contributed by atoms with van der Waals surface area (Å²) in [5, 5.41) is 6.40. The minimum atomic E-state index is -4.86. The third-order valence-corrected chi connectivity index (χ3v) is 4.62. The lowest BCUT2D eigenvalue weighted by molar-refractivity contribution is -0.391. The van der Waals surface area contributed by atoms with E-state index >= 15 is 0 Å². The third-order valence-electron chi connectivity index (χ3n) is 4.62. The van der Waals surface area contributed by atoms with Crippen molar-refractivity contribution in [3.8, 4) is 22.6 Å². The highest BCUT2D eigenvalue weighted by Crippen LogP contribution is 2.48. The number of halogens is 5. The first kappa shape index (κ1) is 20.6. The molecule has 11 heteroatoms. The van der Waals surface area contributed by atoms with E-state index in [1.54, 1.807) is 18.2 Å². The average molecular weight is 439 g/mol. The number of nitrogens with one attached hydrogen (secondary N) is 1. The third kappa shape index (κ3) is 3.45. The molecule has 0 saturated carbocycles. The summed E-state index contributed by atoms with van der Waals surface area (Å²) < 4.78 is 77.1. The number of ether oxygens (including phenoxy) is 2. The SMILES string of the molecule is Cc1nn(C)c(F)c1C(=O)Nc1ccccc1-c1ccc2c(c1)OC(F)(F)C(F)(F)O2. The molecule has 1 amide bonds. The number of alkyl halides is 4. The summed E-state index contributed by atoms with van der Waals surface area (Å²) in [7, 11) is 1.35. The van der Waals surface area contributed by atoms with E-state index in [0.29, 0.717) is 5.56 Å². The lowest BCUT2D eigenvalue weighted by Crippen LogP contribution is -2.52. The smallest absolute Gasteiger partial charge is 0.421 e. The zero-order valence-electron chi connectivity index (χ0n) is 16.1. The fourth-order valence-electron chi connectivity index (χ4n) is 3.15. The van der Waals surface area contributed by atoms with Gasteiger partial charge in [0.15, 0.2) is 11.5 Å². The van der Waals surface area contributed by atoms with E-state index in [4.69, 9.17) is 0 Å². The van der Waals surface area contributed by atoms with Gasteiger partial charge in [0.05, 0.1) is 5.69 Å². The predicted molar refractivity (Wildman–Crippen MR) is 98.9 cm³/mol. The van der Waals surface area contributed by atoms with E-state index < -0.39 is 35.6 Å². The molecule has 0 spiro atoms. The molecule has 0 radical (unpaired) electrons. The van der Waals surface area contributed by atoms with Crippen LogP contribution >= 0.6 is 0 Å². The van der Waals surface area contributed by atoms with Gasteiger partial charge < -0.3 is 14.8 Å². The highest BCUT2D eigenvalue weighted by Gasteiger charge is 2.65. The Labute approximate surface area is 172 Å². The Morgan fingerprint density at radius 3 is 2.32 bits per heavy atom. The Morgan fingerprint density at radius 1 is 1.03 bits per heavy atom. The van der Waals surface area contributed by atoms with Crippen molar-refractivity contribution in [3.05, 3.63) is 59.7 Å². The summed E-state index contributed by atoms with van der Waals surface area (Å²) >= 11 is 0. The molecule has 1 N–H and O–H groups in total. The number of carbonyl (C=O) groups excluding carboxylic acids is 1. The van der Waals surface area contributed by atoms with Crippen molar-refractivity contribution in [1.29, 1.82) is 0 Å². The second kappa shape index (κ2) is 6.96. The maximum Gasteiger partial charge on any atom is 0.507 e. The van der Waals surface area contributed by atoms with Crippen molar-refractivity contribution < 1.29 is 36.2 Å². The van der Waals surface area contributed by atoms with Gasteiger partial charge in [-0.15, -0.1) is 0 Å². The van der Waals surface area contributed by atoms with Gasteiger partial charge in [0.2, 0.25) is 5.95 Å². The van der Waals surface area contributed by atoms with Crippen LogP contribution in [0.3, 0.4) is 0 Å². The summed E-state index contributed by atoms with van der Waals surface area (Å²) in [6, 6.07) is 9.74. The van der Waals surface area contributed by atoms with Crippen molar-refractivity contribution in [1.82, 2.24) is 9.78 Å². The number of hydrogen-bond acceptors (Lipinski definition) is 4. The molecule has 3 aromatic rings. The highest BCUT2D eigenvalue weighted by molar-refractivity contribution is 6.07. The van der Waals surface area contributed by atoms with Crippen LogP contribution in [0, 0.1) is 12.9 Å². The second-order valence-corrected chi connectivity index (χ2v) is 6.77. The monoisotopic (exact) mass is 439 g/mol. The van der Waals surface area contributed by atoms with Crippen molar-refractivity contribution in [2.24, 2.45) is 7.05 Å². The lowest BCUT2D eigenvalue weighted by atomic mass is 10.0. The van der Waals surface area contributed by atoms with Gasteiger partial charge in [-0.2, -0.15) is 27.1 Å². The Morgan fingerprint density at radius 2 is 1.68 bits per heavy atom. The number of anilines is 1. The maximum atomic E-state index is 14.2. The molecule has 2 aromatic carbocycles. The molecule has 1 aromatic heterocycles. The van der Waals surface area contributed by atoms with E-state index in [2.05, 4.69) is 19.9 Å². The molecule has 0 bridgehead atoms. The molecule has 0 fully saturated rings. The standard InChI is InChI=1S/C20H14F5N3O3/c1-10-16(17(21)28(2)27-10)18(29)26-13-6-4-3-5-12(13)11-7-8-14-15(9-11)31-20(24,25)19(22,23)30-14/h3-9H,1-2H3,(H,26,29). The number of aryl methyl sites for hydroxylation is 2. The predicted octanol–water partition coefficient (Wildman–Crippen LogP) is 4.74. The molecule has 0 unspecified atom stereocenters. The molecule has 0 aliphatic carbocycles. The molecule has 2 heterocycles. The first-order valence-electron chi connectivity index (χ1n) is 8.88. The van der Waals surface area contributed by atoms with Gasteiger partial charge in [-0.3, -0.25) is 4.79 Å². The molecule has 4 rings (SSSR count). The summed E-state index contributed by atoms with van der Waals surface area (Å²) in [5.41, 5.74) is 0.773. The Hall–Kier alpha value is -3.63. The van der Waals surface area contributed by atoms with E-state index in [-0.39, 0.29) is 22.5 Å². The van der Waals surface area contributed by atoms with Crippen LogP contribution in [0.25, 0.3) is 11.1 Å². The van der Waals surface area contributed by atoms with Gasteiger partial charge in [-0.05, 0) is 30.7 Å². The van der Waals surface area contributed by atoms with E-state index in [1.807, 2.05) is 0 Å². The van der Waals surface area contributed by atoms with Crippen LogP contribution in [0.5, 0.6) is 11.5 Å². The quantitative estimate of drug-likeness (QED) is 0.599. The normalized spacial score (nSPS) is 16.1. The van der Waals surface area contributed by atoms with Crippen LogP contribution in [0.15, 0.2) is 42.5 Å². The molecule has 1 aliphatic rings. The number of para-hydroxylation sites is 1. The fraction of sp³-hybridized carbons (Fsp3) is 0.200. The van der Waals surface area contributed by atoms with Gasteiger partial charge in [0, 0.05) is 18.3 Å². The van der Waals surface area contributed by atoms with Crippen LogP contribution in [0.2, 0.25) is 0 Å². The maximum absolute atomic E-state index is 14.2. The number of benzene rings is 2. The minimum Gasteiger partial charge on any atom is -0.421 e. The Balaban J connectivity index is 1.69. The summed E-state index contributed by atoms with van der Waals surface area (Å²) in [4.78, 5) is 12.6. The molecule has 6 nitrogen and oxygen atoms in total. The van der Waals surface area contributed by atoms with E-state index in [9.17, 15) is 26.7 Å². The summed E-state index contributed by atoms with van der Waals surface area (Å²) in [6.07, 6.45) is -9.68. The van der Waals surface area contributed by atoms with Crippen molar-refractivity contribution in [2.75, 3.05) is 5.32 Å². The summed E-state index contributed by atoms with van der Waals surface area (Å²) in [5.74, 6) is -2.74. The molecule has 1 aliphatic heterocycles. The largest absolute Gasteiger partial charge is 0.507 e. The Bertz CT molecular complexity index is 1190. The van der Waals surface area contributed by atoms with Crippen LogP contribution in [0.1, 0.15) is 16.1 Å². The number of nitrogens with zero attached hydrogens (tertiary/aromatic N) is 2. The topological polar surface area (TPSA) is 65.4 Å². The first-order valence-corrected chi connectivity index (χ1v) is 8.88. The van der Waals surface area contributed by atoms with Crippen molar-refractivity contribution in [3.63, 3.8) is 0 Å². The number of rotatable bonds is 3. The zero-order chi connectivity index (χ0) is 22.6. The number of amides is 1. The van der Waals surface area contributed by atoms with Crippen LogP contribution in [-0.2, 0) is 7.05 Å². The highest BCUT2D eigenvalue weighted by atomic mass is 19.3. The molecular formula is C20H14F5N3O3. The number of aromatic nitrogens is 2. The van der Waals surface area contributed by atoms with Gasteiger partial charge in [-0.1, -0.05) is 24.3 Å². The molecule has 0 saturated heterocycles. The molecule has 31 heavy (non-hydrogen) atoms.